The van der Waals surface area contributed by atoms with E-state index < -0.39 is 5.25 Å². The number of aromatic nitrogens is 2. The lowest BCUT2D eigenvalue weighted by atomic mass is 10.1. The molecule has 1 aromatic heterocycles. The molecule has 4 rings (SSSR count). The van der Waals surface area contributed by atoms with Crippen molar-refractivity contribution in [1.29, 1.82) is 0 Å². The zero-order valence-electron chi connectivity index (χ0n) is 16.5. The molecule has 0 saturated heterocycles. The van der Waals surface area contributed by atoms with Gasteiger partial charge in [-0.2, -0.15) is 0 Å². The molecule has 1 heterocycles. The maximum atomic E-state index is 12.9. The average Bonchev–Trinajstić information content (AvgIpc) is 2.70. The van der Waals surface area contributed by atoms with Gasteiger partial charge in [-0.25, -0.2) is 4.98 Å². The van der Waals surface area contributed by atoms with Gasteiger partial charge in [-0.05, 0) is 54.4 Å². The third-order valence-electron chi connectivity index (χ3n) is 4.84. The first kappa shape index (κ1) is 19.2. The molecule has 1 N–H and O–H groups in total. The van der Waals surface area contributed by atoms with Gasteiger partial charge in [0.1, 0.15) is 0 Å². The van der Waals surface area contributed by atoms with Crippen LogP contribution >= 0.6 is 11.8 Å². The predicted molar refractivity (Wildman–Crippen MR) is 120 cm³/mol. The number of amides is 1. The maximum Gasteiger partial charge on any atom is 0.261 e. The number of fused-ring (bicyclic) bond motifs is 2. The standard InChI is InChI=1S/C23H21N3O2S/c1-14-7-6-10-18(11-14)24-21(27)15(2)29-23-25-20-13-17-9-5-4-8-16(17)12-19(20)22(28)26(23)3/h4-13,15H,1-3H3,(H,24,27)/t15-/m1/s1. The smallest absolute Gasteiger partial charge is 0.261 e. The molecule has 6 heteroatoms. The van der Waals surface area contributed by atoms with Crippen molar-refractivity contribution in [3.8, 4) is 0 Å². The first-order chi connectivity index (χ1) is 13.9. The number of carbonyl (C=O) groups is 1. The second-order valence-electron chi connectivity index (χ2n) is 7.09. The Labute approximate surface area is 172 Å². The van der Waals surface area contributed by atoms with Gasteiger partial charge in [0.15, 0.2) is 5.16 Å². The Morgan fingerprint density at radius 2 is 1.79 bits per heavy atom. The van der Waals surface area contributed by atoms with Gasteiger partial charge in [-0.15, -0.1) is 0 Å². The lowest BCUT2D eigenvalue weighted by molar-refractivity contribution is -0.115. The summed E-state index contributed by atoms with van der Waals surface area (Å²) in [5, 5.41) is 5.64. The molecule has 29 heavy (non-hydrogen) atoms. The second-order valence-corrected chi connectivity index (χ2v) is 8.40. The van der Waals surface area contributed by atoms with Crippen molar-refractivity contribution in [3.05, 3.63) is 76.6 Å². The highest BCUT2D eigenvalue weighted by molar-refractivity contribution is 8.00. The predicted octanol–water partition coefficient (Wildman–Crippen LogP) is 4.51. The summed E-state index contributed by atoms with van der Waals surface area (Å²) in [6, 6.07) is 19.4. The van der Waals surface area contributed by atoms with Crippen LogP contribution in [0.1, 0.15) is 12.5 Å². The van der Waals surface area contributed by atoms with Gasteiger partial charge in [0.25, 0.3) is 5.56 Å². The van der Waals surface area contributed by atoms with E-state index in [0.29, 0.717) is 16.1 Å². The molecule has 0 radical (unpaired) electrons. The van der Waals surface area contributed by atoms with Crippen LogP contribution in [0.3, 0.4) is 0 Å². The lowest BCUT2D eigenvalue weighted by Crippen LogP contribution is -2.25. The number of benzene rings is 3. The summed E-state index contributed by atoms with van der Waals surface area (Å²) in [7, 11) is 1.69. The molecule has 5 nitrogen and oxygen atoms in total. The molecule has 0 aliphatic carbocycles. The zero-order chi connectivity index (χ0) is 20.5. The fourth-order valence-electron chi connectivity index (χ4n) is 3.22. The number of nitrogens with one attached hydrogen (secondary N) is 1. The fourth-order valence-corrected chi connectivity index (χ4v) is 4.10. The number of hydrogen-bond donors (Lipinski definition) is 1. The van der Waals surface area contributed by atoms with Gasteiger partial charge in [0.2, 0.25) is 5.91 Å². The Morgan fingerprint density at radius 1 is 1.07 bits per heavy atom. The van der Waals surface area contributed by atoms with E-state index in [2.05, 4.69) is 10.3 Å². The third kappa shape index (κ3) is 3.89. The minimum Gasteiger partial charge on any atom is -0.325 e. The van der Waals surface area contributed by atoms with Crippen molar-refractivity contribution in [1.82, 2.24) is 9.55 Å². The molecule has 0 saturated carbocycles. The van der Waals surface area contributed by atoms with Crippen LogP contribution in [-0.2, 0) is 11.8 Å². The molecule has 1 amide bonds. The van der Waals surface area contributed by atoms with Gasteiger partial charge in [-0.1, -0.05) is 48.2 Å². The molecule has 0 unspecified atom stereocenters. The van der Waals surface area contributed by atoms with Gasteiger partial charge >= 0.3 is 0 Å². The van der Waals surface area contributed by atoms with Gasteiger partial charge in [-0.3, -0.25) is 14.2 Å². The highest BCUT2D eigenvalue weighted by atomic mass is 32.2. The summed E-state index contributed by atoms with van der Waals surface area (Å²) in [5.74, 6) is -0.131. The summed E-state index contributed by atoms with van der Waals surface area (Å²) < 4.78 is 1.51. The summed E-state index contributed by atoms with van der Waals surface area (Å²) in [5.41, 5.74) is 2.36. The quantitative estimate of drug-likeness (QED) is 0.309. The number of rotatable bonds is 4. The Balaban J connectivity index is 1.64. The normalized spacial score (nSPS) is 12.2. The van der Waals surface area contributed by atoms with Crippen molar-refractivity contribution in [3.63, 3.8) is 0 Å². The zero-order valence-corrected chi connectivity index (χ0v) is 17.3. The summed E-state index contributed by atoms with van der Waals surface area (Å²) in [4.78, 5) is 30.2. The molecular formula is C23H21N3O2S. The van der Waals surface area contributed by atoms with Gasteiger partial charge in [0.05, 0.1) is 16.2 Å². The summed E-state index contributed by atoms with van der Waals surface area (Å²) in [6.07, 6.45) is 0. The van der Waals surface area contributed by atoms with Crippen LogP contribution in [0.5, 0.6) is 0 Å². The fraction of sp³-hybridized carbons (Fsp3) is 0.174. The van der Waals surface area contributed by atoms with Crippen molar-refractivity contribution < 1.29 is 4.79 Å². The van der Waals surface area contributed by atoms with E-state index >= 15 is 0 Å². The largest absolute Gasteiger partial charge is 0.325 e. The van der Waals surface area contributed by atoms with E-state index in [1.165, 1.54) is 16.3 Å². The van der Waals surface area contributed by atoms with Gasteiger partial charge in [0, 0.05) is 12.7 Å². The minimum atomic E-state index is -0.411. The first-order valence-electron chi connectivity index (χ1n) is 9.36. The van der Waals surface area contributed by atoms with Crippen LogP contribution in [0.15, 0.2) is 70.6 Å². The lowest BCUT2D eigenvalue weighted by Gasteiger charge is -2.14. The highest BCUT2D eigenvalue weighted by Crippen LogP contribution is 2.25. The molecule has 0 bridgehead atoms. The van der Waals surface area contributed by atoms with Crippen molar-refractivity contribution in [2.75, 3.05) is 5.32 Å². The van der Waals surface area contributed by atoms with Crippen LogP contribution in [0.4, 0.5) is 5.69 Å². The van der Waals surface area contributed by atoms with E-state index in [-0.39, 0.29) is 11.5 Å². The third-order valence-corrected chi connectivity index (χ3v) is 5.98. The monoisotopic (exact) mass is 403 g/mol. The van der Waals surface area contributed by atoms with E-state index in [1.54, 1.807) is 7.05 Å². The Morgan fingerprint density at radius 3 is 2.52 bits per heavy atom. The molecule has 146 valence electrons. The van der Waals surface area contributed by atoms with Crippen LogP contribution < -0.4 is 10.9 Å². The number of aryl methyl sites for hydroxylation is 1. The topological polar surface area (TPSA) is 64.0 Å². The molecule has 3 aromatic carbocycles. The van der Waals surface area contributed by atoms with Crippen molar-refractivity contribution in [2.45, 2.75) is 24.3 Å². The maximum absolute atomic E-state index is 12.9. The number of hydrogen-bond acceptors (Lipinski definition) is 4. The van der Waals surface area contributed by atoms with Crippen molar-refractivity contribution in [2.24, 2.45) is 7.05 Å². The molecular weight excluding hydrogens is 382 g/mol. The van der Waals surface area contributed by atoms with Crippen LogP contribution in [0.2, 0.25) is 0 Å². The molecule has 0 aliphatic heterocycles. The van der Waals surface area contributed by atoms with E-state index in [0.717, 1.165) is 22.0 Å². The number of thioether (sulfide) groups is 1. The summed E-state index contributed by atoms with van der Waals surface area (Å²) in [6.45, 7) is 3.79. The molecule has 0 spiro atoms. The number of anilines is 1. The van der Waals surface area contributed by atoms with Crippen LogP contribution in [-0.4, -0.2) is 20.7 Å². The van der Waals surface area contributed by atoms with E-state index in [4.69, 9.17) is 0 Å². The Hall–Kier alpha value is -3.12. The first-order valence-corrected chi connectivity index (χ1v) is 10.2. The Kier molecular flexibility index (Phi) is 5.11. The second kappa shape index (κ2) is 7.72. The molecule has 0 fully saturated rings. The van der Waals surface area contributed by atoms with Gasteiger partial charge < -0.3 is 5.32 Å². The molecule has 4 aromatic rings. The molecule has 0 aliphatic rings. The Bertz CT molecular complexity index is 1300. The SMILES string of the molecule is Cc1cccc(NC(=O)[C@@H](C)Sc2nc3cc4ccccc4cc3c(=O)n2C)c1. The highest BCUT2D eigenvalue weighted by Gasteiger charge is 2.19. The minimum absolute atomic E-state index is 0.116. The van der Waals surface area contributed by atoms with Crippen molar-refractivity contribution >= 4 is 45.0 Å². The van der Waals surface area contributed by atoms with E-state index in [9.17, 15) is 9.59 Å². The number of carbonyl (C=O) groups excluding carboxylic acids is 1. The van der Waals surface area contributed by atoms with E-state index in [1.807, 2.05) is 74.5 Å². The van der Waals surface area contributed by atoms with Crippen LogP contribution in [0.25, 0.3) is 21.7 Å². The number of nitrogens with zero attached hydrogens (tertiary/aromatic N) is 2. The summed E-state index contributed by atoms with van der Waals surface area (Å²) >= 11 is 1.28. The molecule has 1 atom stereocenters. The van der Waals surface area contributed by atoms with Crippen LogP contribution in [0, 0.1) is 6.92 Å². The average molecular weight is 404 g/mol.